The summed E-state index contributed by atoms with van der Waals surface area (Å²) in [5, 5.41) is 5.35. The molecule has 0 aliphatic carbocycles. The number of carbonyl (C=O) groups is 2. The lowest BCUT2D eigenvalue weighted by molar-refractivity contribution is -0.187. The molecule has 0 fully saturated rings. The summed E-state index contributed by atoms with van der Waals surface area (Å²) in [5.41, 5.74) is 17.2. The Morgan fingerprint density at radius 2 is 1.87 bits per heavy atom. The zero-order chi connectivity index (χ0) is 27.4. The van der Waals surface area contributed by atoms with E-state index in [-0.39, 0.29) is 30.7 Å². The predicted molar refractivity (Wildman–Crippen MR) is 154 cm³/mol. The Hall–Kier alpha value is -4.89. The van der Waals surface area contributed by atoms with Crippen LogP contribution in [0.1, 0.15) is 41.3 Å². The average Bonchev–Trinajstić information content (AvgIpc) is 3.32. The Morgan fingerprint density at radius 3 is 2.67 bits per heavy atom. The van der Waals surface area contributed by atoms with Gasteiger partial charge in [-0.1, -0.05) is 31.2 Å². The van der Waals surface area contributed by atoms with Crippen LogP contribution < -0.4 is 16.8 Å². The molecule has 0 saturated carbocycles. The lowest BCUT2D eigenvalue weighted by atomic mass is 10.0. The first-order valence-electron chi connectivity index (χ1n) is 12.7. The highest BCUT2D eigenvalue weighted by atomic mass is 16.7. The van der Waals surface area contributed by atoms with Gasteiger partial charge in [0.15, 0.2) is 0 Å². The van der Waals surface area contributed by atoms with Crippen molar-refractivity contribution >= 4 is 51.7 Å². The number of anilines is 2. The molecule has 5 rings (SSSR count). The third-order valence-corrected chi connectivity index (χ3v) is 6.37. The minimum absolute atomic E-state index is 0.163. The van der Waals surface area contributed by atoms with Gasteiger partial charge in [-0.2, -0.15) is 0 Å². The largest absolute Gasteiger partial charge is 0.399 e. The molecule has 198 valence electrons. The van der Waals surface area contributed by atoms with E-state index in [1.807, 2.05) is 49.5 Å². The van der Waals surface area contributed by atoms with Crippen molar-refractivity contribution in [3.8, 4) is 0 Å². The topological polar surface area (TPSA) is 139 Å². The maximum Gasteiger partial charge on any atom is 0.273 e. The number of nitrogens with two attached hydrogens (primary N) is 2. The maximum absolute atomic E-state index is 13.5. The first kappa shape index (κ1) is 25.7. The number of benzene rings is 3. The Morgan fingerprint density at radius 1 is 1.05 bits per heavy atom. The van der Waals surface area contributed by atoms with Gasteiger partial charge in [0.25, 0.3) is 11.8 Å². The number of amidine groups is 1. The second-order valence-corrected chi connectivity index (χ2v) is 9.38. The normalized spacial score (nSPS) is 12.7. The van der Waals surface area contributed by atoms with Crippen LogP contribution in [-0.2, 0) is 16.2 Å². The molecule has 0 saturated heterocycles. The number of carbonyl (C=O) groups excluding carboxylic acids is 2. The summed E-state index contributed by atoms with van der Waals surface area (Å²) >= 11 is 0. The van der Waals surface area contributed by atoms with Crippen LogP contribution in [0.5, 0.6) is 0 Å². The molecule has 3 aromatic carbocycles. The van der Waals surface area contributed by atoms with Crippen molar-refractivity contribution in [2.75, 3.05) is 17.6 Å². The van der Waals surface area contributed by atoms with Gasteiger partial charge in [-0.3, -0.25) is 14.4 Å². The average molecular weight is 523 g/mol. The Kier molecular flexibility index (Phi) is 7.42. The second-order valence-electron chi connectivity index (χ2n) is 9.38. The van der Waals surface area contributed by atoms with Gasteiger partial charge in [0.1, 0.15) is 12.4 Å². The van der Waals surface area contributed by atoms with Crippen molar-refractivity contribution in [3.05, 3.63) is 95.2 Å². The van der Waals surface area contributed by atoms with Crippen molar-refractivity contribution in [2.45, 2.75) is 26.4 Å². The number of fused-ring (bicyclic) bond motifs is 2. The fourth-order valence-corrected chi connectivity index (χ4v) is 4.35. The minimum Gasteiger partial charge on any atom is -0.399 e. The molecule has 0 atom stereocenters. The number of hydrogen-bond acceptors (Lipinski definition) is 6. The summed E-state index contributed by atoms with van der Waals surface area (Å²) in [6, 6.07) is 20.1. The molecule has 0 spiro atoms. The van der Waals surface area contributed by atoms with Crippen molar-refractivity contribution in [1.29, 1.82) is 0 Å². The molecule has 4 aromatic rings. The first-order chi connectivity index (χ1) is 18.9. The lowest BCUT2D eigenvalue weighted by Crippen LogP contribution is -2.34. The quantitative estimate of drug-likeness (QED) is 0.187. The number of nitrogen functional groups attached to an aromatic ring is 1. The van der Waals surface area contributed by atoms with E-state index in [1.54, 1.807) is 36.4 Å². The molecular formula is C30H30N6O3. The zero-order valence-electron chi connectivity index (χ0n) is 21.6. The van der Waals surface area contributed by atoms with Crippen LogP contribution in [0.2, 0.25) is 0 Å². The summed E-state index contributed by atoms with van der Waals surface area (Å²) in [5.74, 6) is -0.273. The number of aromatic nitrogens is 1. The first-order valence-corrected chi connectivity index (χ1v) is 12.7. The molecule has 1 aliphatic rings. The number of rotatable bonds is 8. The molecule has 2 amide bonds. The van der Waals surface area contributed by atoms with E-state index in [2.05, 4.69) is 15.3 Å². The van der Waals surface area contributed by atoms with E-state index in [0.717, 1.165) is 22.9 Å². The number of aliphatic imine (C=N–C) groups is 1. The number of amides is 2. The van der Waals surface area contributed by atoms with Gasteiger partial charge in [-0.05, 0) is 65.9 Å². The highest BCUT2D eigenvalue weighted by Gasteiger charge is 2.23. The van der Waals surface area contributed by atoms with Gasteiger partial charge >= 0.3 is 0 Å². The fourth-order valence-electron chi connectivity index (χ4n) is 4.35. The highest BCUT2D eigenvalue weighted by molar-refractivity contribution is 6.08. The van der Waals surface area contributed by atoms with Crippen LogP contribution in [0.3, 0.4) is 0 Å². The van der Waals surface area contributed by atoms with E-state index in [0.29, 0.717) is 40.3 Å². The summed E-state index contributed by atoms with van der Waals surface area (Å²) in [6.07, 6.45) is 4.50. The van der Waals surface area contributed by atoms with Crippen molar-refractivity contribution in [2.24, 2.45) is 10.7 Å². The molecule has 0 unspecified atom stereocenters. The SMILES string of the molecule is CCCN(OCc1ccc(N)cc1)C(=O)C1=Cc2ccc(C(=O)Nc3ccc4cc[nH]c4c3)cc2N=C(N)C1. The Balaban J connectivity index is 1.34. The molecule has 6 N–H and O–H groups in total. The second kappa shape index (κ2) is 11.2. The van der Waals surface area contributed by atoms with Gasteiger partial charge < -0.3 is 21.8 Å². The number of nitrogens with zero attached hydrogens (tertiary/aromatic N) is 2. The number of H-pyrrole nitrogens is 1. The lowest BCUT2D eigenvalue weighted by Gasteiger charge is -2.22. The van der Waals surface area contributed by atoms with Crippen LogP contribution in [0.15, 0.2) is 83.5 Å². The van der Waals surface area contributed by atoms with Crippen molar-refractivity contribution < 1.29 is 14.4 Å². The number of nitrogens with one attached hydrogen (secondary N) is 2. The Bertz CT molecular complexity index is 1590. The van der Waals surface area contributed by atoms with Gasteiger partial charge in [-0.15, -0.1) is 0 Å². The zero-order valence-corrected chi connectivity index (χ0v) is 21.6. The summed E-state index contributed by atoms with van der Waals surface area (Å²) in [4.78, 5) is 40.0. The van der Waals surface area contributed by atoms with E-state index in [9.17, 15) is 9.59 Å². The standard InChI is InChI=1S/C30H30N6O3/c1-2-13-36(39-18-19-3-8-24(31)9-4-19)30(38)23-14-21-5-6-22(15-27(21)35-28(32)16-23)29(37)34-25-10-7-20-11-12-33-26(20)17-25/h3-12,14-15,17,33H,2,13,16,18,31H2,1H3,(H2,32,35)(H,34,37). The summed E-state index contributed by atoms with van der Waals surface area (Å²) in [6.45, 7) is 2.62. The molecule has 9 heteroatoms. The van der Waals surface area contributed by atoms with Crippen molar-refractivity contribution in [3.63, 3.8) is 0 Å². The van der Waals surface area contributed by atoms with Gasteiger partial charge in [-0.25, -0.2) is 10.1 Å². The van der Waals surface area contributed by atoms with E-state index in [4.69, 9.17) is 16.3 Å². The van der Waals surface area contributed by atoms with E-state index < -0.39 is 0 Å². The molecule has 1 aromatic heterocycles. The molecule has 2 heterocycles. The van der Waals surface area contributed by atoms with Crippen LogP contribution in [-0.4, -0.2) is 34.2 Å². The Labute approximate surface area is 226 Å². The highest BCUT2D eigenvalue weighted by Crippen LogP contribution is 2.29. The van der Waals surface area contributed by atoms with Crippen molar-refractivity contribution in [1.82, 2.24) is 10.0 Å². The fraction of sp³-hybridized carbons (Fsp3) is 0.167. The van der Waals surface area contributed by atoms with Crippen LogP contribution in [0, 0.1) is 0 Å². The molecular weight excluding hydrogens is 492 g/mol. The van der Waals surface area contributed by atoms with Crippen LogP contribution in [0.4, 0.5) is 17.1 Å². The number of hydroxylamine groups is 2. The van der Waals surface area contributed by atoms with Crippen LogP contribution >= 0.6 is 0 Å². The summed E-state index contributed by atoms with van der Waals surface area (Å²) < 4.78 is 0. The smallest absolute Gasteiger partial charge is 0.273 e. The molecule has 39 heavy (non-hydrogen) atoms. The van der Waals surface area contributed by atoms with Crippen LogP contribution in [0.25, 0.3) is 17.0 Å². The van der Waals surface area contributed by atoms with Gasteiger partial charge in [0, 0.05) is 52.8 Å². The molecule has 0 bridgehead atoms. The number of hydrogen-bond donors (Lipinski definition) is 4. The minimum atomic E-state index is -0.278. The third-order valence-electron chi connectivity index (χ3n) is 6.37. The van der Waals surface area contributed by atoms with Gasteiger partial charge in [0.2, 0.25) is 0 Å². The summed E-state index contributed by atoms with van der Waals surface area (Å²) in [7, 11) is 0. The van der Waals surface area contributed by atoms with Gasteiger partial charge in [0.05, 0.1) is 5.69 Å². The molecule has 9 nitrogen and oxygen atoms in total. The maximum atomic E-state index is 13.5. The molecule has 1 aliphatic heterocycles. The number of aromatic amines is 1. The predicted octanol–water partition coefficient (Wildman–Crippen LogP) is 5.15. The van der Waals surface area contributed by atoms with E-state index >= 15 is 0 Å². The molecule has 0 radical (unpaired) electrons. The monoisotopic (exact) mass is 522 g/mol. The van der Waals surface area contributed by atoms with E-state index in [1.165, 1.54) is 5.06 Å². The third kappa shape index (κ3) is 6.00.